The predicted molar refractivity (Wildman–Crippen MR) is 97.7 cm³/mol. The van der Waals surface area contributed by atoms with Crippen molar-refractivity contribution in [2.45, 2.75) is 20.5 Å². The van der Waals surface area contributed by atoms with Gasteiger partial charge in [-0.3, -0.25) is 0 Å². The molecule has 4 rings (SSSR count). The number of aromatic nitrogens is 5. The van der Waals surface area contributed by atoms with Gasteiger partial charge in [0.25, 0.3) is 5.89 Å². The summed E-state index contributed by atoms with van der Waals surface area (Å²) in [5.74, 6) is 0.642. The van der Waals surface area contributed by atoms with Crippen LogP contribution in [0.15, 0.2) is 47.2 Å². The van der Waals surface area contributed by atoms with Gasteiger partial charge in [-0.2, -0.15) is 10.1 Å². The first-order valence-corrected chi connectivity index (χ1v) is 8.69. The lowest BCUT2D eigenvalue weighted by atomic mass is 10.2. The van der Waals surface area contributed by atoms with Gasteiger partial charge in [-0.05, 0) is 32.0 Å². The summed E-state index contributed by atoms with van der Waals surface area (Å²) in [6.07, 6.45) is 3.31. The Morgan fingerprint density at radius 1 is 1.25 bits per heavy atom. The monoisotopic (exact) mass is 379 g/mol. The number of rotatable bonds is 6. The molecule has 0 unspecified atom stereocenters. The second-order valence-corrected chi connectivity index (χ2v) is 5.87. The van der Waals surface area contributed by atoms with Gasteiger partial charge in [-0.1, -0.05) is 17.3 Å². The van der Waals surface area contributed by atoms with Crippen LogP contribution in [0.25, 0.3) is 17.0 Å². The molecule has 0 fully saturated rings. The fraction of sp³-hybridized carbons (Fsp3) is 0.211. The van der Waals surface area contributed by atoms with Gasteiger partial charge in [-0.15, -0.1) is 0 Å². The number of benzene rings is 1. The quantitative estimate of drug-likeness (QED) is 0.471. The number of carbonyl (C=O) groups excluding carboxylic acids is 1. The third kappa shape index (κ3) is 3.29. The number of carbonyl (C=O) groups is 1. The van der Waals surface area contributed by atoms with Crippen molar-refractivity contribution < 1.29 is 18.8 Å². The van der Waals surface area contributed by atoms with Crippen molar-refractivity contribution in [2.24, 2.45) is 0 Å². The Morgan fingerprint density at radius 2 is 2.11 bits per heavy atom. The summed E-state index contributed by atoms with van der Waals surface area (Å²) < 4.78 is 17.6. The molecule has 9 nitrogen and oxygen atoms in total. The molecule has 0 bridgehead atoms. The average molecular weight is 379 g/mol. The average Bonchev–Trinajstić information content (AvgIpc) is 3.30. The Hall–Kier alpha value is -3.75. The van der Waals surface area contributed by atoms with E-state index in [1.165, 1.54) is 4.52 Å². The van der Waals surface area contributed by atoms with Crippen LogP contribution >= 0.6 is 0 Å². The topological polar surface area (TPSA) is 105 Å². The lowest BCUT2D eigenvalue weighted by Gasteiger charge is -2.06. The van der Waals surface area contributed by atoms with Crippen LogP contribution in [0.2, 0.25) is 0 Å². The van der Waals surface area contributed by atoms with Crippen LogP contribution in [-0.4, -0.2) is 37.3 Å². The van der Waals surface area contributed by atoms with Crippen molar-refractivity contribution in [1.82, 2.24) is 24.7 Å². The zero-order valence-corrected chi connectivity index (χ0v) is 15.3. The number of para-hydroxylation sites is 1. The summed E-state index contributed by atoms with van der Waals surface area (Å²) in [4.78, 5) is 21.0. The lowest BCUT2D eigenvalue weighted by molar-refractivity contribution is 0.0431. The fourth-order valence-corrected chi connectivity index (χ4v) is 2.79. The van der Waals surface area contributed by atoms with Crippen LogP contribution in [0.4, 0.5) is 0 Å². The van der Waals surface area contributed by atoms with E-state index in [0.717, 1.165) is 0 Å². The van der Waals surface area contributed by atoms with Crippen LogP contribution < -0.4 is 4.74 Å². The van der Waals surface area contributed by atoms with Crippen molar-refractivity contribution in [1.29, 1.82) is 0 Å². The first-order chi connectivity index (χ1) is 13.7. The van der Waals surface area contributed by atoms with Gasteiger partial charge in [0.05, 0.1) is 17.9 Å². The van der Waals surface area contributed by atoms with Crippen LogP contribution in [0.5, 0.6) is 5.75 Å². The molecule has 9 heteroatoms. The van der Waals surface area contributed by atoms with E-state index in [1.54, 1.807) is 25.4 Å². The normalized spacial score (nSPS) is 10.9. The van der Waals surface area contributed by atoms with Gasteiger partial charge in [-0.25, -0.2) is 14.3 Å². The highest BCUT2D eigenvalue weighted by molar-refractivity contribution is 5.97. The van der Waals surface area contributed by atoms with E-state index in [2.05, 4.69) is 20.2 Å². The van der Waals surface area contributed by atoms with Crippen molar-refractivity contribution >= 4 is 11.6 Å². The van der Waals surface area contributed by atoms with Crippen LogP contribution in [-0.2, 0) is 11.3 Å². The molecule has 0 N–H and O–H groups in total. The second kappa shape index (κ2) is 7.47. The molecular formula is C19H17N5O4. The van der Waals surface area contributed by atoms with Crippen LogP contribution in [0.3, 0.4) is 0 Å². The lowest BCUT2D eigenvalue weighted by Crippen LogP contribution is -2.07. The number of nitrogens with zero attached hydrogens (tertiary/aromatic N) is 5. The molecule has 0 spiro atoms. The summed E-state index contributed by atoms with van der Waals surface area (Å²) in [5.41, 5.74) is 1.97. The van der Waals surface area contributed by atoms with Crippen LogP contribution in [0, 0.1) is 6.92 Å². The number of hydrogen-bond donors (Lipinski definition) is 0. The predicted octanol–water partition coefficient (Wildman–Crippen LogP) is 2.84. The number of hydrogen-bond acceptors (Lipinski definition) is 8. The standard InChI is InChI=1S/C19H17N5O4/c1-3-26-14-8-5-4-7-13(14)17-21-15(28-23-17)11-27-19(25)16-12(2)22-24-10-6-9-20-18(16)24/h4-10H,3,11H2,1-2H3. The van der Waals surface area contributed by atoms with Gasteiger partial charge < -0.3 is 14.0 Å². The molecule has 0 radical (unpaired) electrons. The maximum atomic E-state index is 12.5. The Morgan fingerprint density at radius 3 is 2.96 bits per heavy atom. The first kappa shape index (κ1) is 17.7. The SMILES string of the molecule is CCOc1ccccc1-c1noc(COC(=O)c2c(C)nn3cccnc23)n1. The van der Waals surface area contributed by atoms with Crippen molar-refractivity contribution in [3.63, 3.8) is 0 Å². The van der Waals surface area contributed by atoms with Crippen molar-refractivity contribution in [3.8, 4) is 17.1 Å². The van der Waals surface area contributed by atoms with Gasteiger partial charge in [0, 0.05) is 12.4 Å². The molecule has 0 saturated carbocycles. The molecule has 0 aliphatic carbocycles. The fourth-order valence-electron chi connectivity index (χ4n) is 2.79. The number of fused-ring (bicyclic) bond motifs is 1. The van der Waals surface area contributed by atoms with E-state index in [4.69, 9.17) is 14.0 Å². The minimum absolute atomic E-state index is 0.160. The van der Waals surface area contributed by atoms with E-state index < -0.39 is 5.97 Å². The van der Waals surface area contributed by atoms with E-state index in [-0.39, 0.29) is 12.5 Å². The number of esters is 1. The summed E-state index contributed by atoms with van der Waals surface area (Å²) >= 11 is 0. The van der Waals surface area contributed by atoms with Gasteiger partial charge >= 0.3 is 5.97 Å². The number of aryl methyl sites for hydroxylation is 1. The van der Waals surface area contributed by atoms with E-state index in [9.17, 15) is 4.79 Å². The van der Waals surface area contributed by atoms with Gasteiger partial charge in [0.15, 0.2) is 12.3 Å². The molecule has 28 heavy (non-hydrogen) atoms. The third-order valence-electron chi connectivity index (χ3n) is 4.00. The van der Waals surface area contributed by atoms with Crippen molar-refractivity contribution in [2.75, 3.05) is 6.61 Å². The zero-order chi connectivity index (χ0) is 19.5. The van der Waals surface area contributed by atoms with Crippen molar-refractivity contribution in [3.05, 3.63) is 59.9 Å². The summed E-state index contributed by atoms with van der Waals surface area (Å²) in [6.45, 7) is 3.98. The van der Waals surface area contributed by atoms with E-state index in [1.807, 2.05) is 31.2 Å². The van der Waals surface area contributed by atoms with Crippen LogP contribution in [0.1, 0.15) is 28.9 Å². The summed E-state index contributed by atoms with van der Waals surface area (Å²) in [6, 6.07) is 9.11. The third-order valence-corrected chi connectivity index (χ3v) is 4.00. The molecule has 0 aliphatic heterocycles. The second-order valence-electron chi connectivity index (χ2n) is 5.87. The molecule has 3 heterocycles. The Bertz CT molecular complexity index is 1130. The highest BCUT2D eigenvalue weighted by Gasteiger charge is 2.21. The van der Waals surface area contributed by atoms with E-state index in [0.29, 0.717) is 40.6 Å². The molecule has 1 aromatic carbocycles. The minimum Gasteiger partial charge on any atom is -0.493 e. The highest BCUT2D eigenvalue weighted by atomic mass is 16.6. The minimum atomic E-state index is -0.555. The largest absolute Gasteiger partial charge is 0.493 e. The molecule has 0 atom stereocenters. The molecule has 0 amide bonds. The molecular weight excluding hydrogens is 362 g/mol. The zero-order valence-electron chi connectivity index (χ0n) is 15.3. The smallest absolute Gasteiger partial charge is 0.344 e. The maximum absolute atomic E-state index is 12.5. The first-order valence-electron chi connectivity index (χ1n) is 8.69. The molecule has 0 saturated heterocycles. The van der Waals surface area contributed by atoms with Gasteiger partial charge in [0.2, 0.25) is 5.82 Å². The molecule has 4 aromatic rings. The number of ether oxygens (including phenoxy) is 2. The van der Waals surface area contributed by atoms with E-state index >= 15 is 0 Å². The molecule has 142 valence electrons. The Balaban J connectivity index is 1.51. The summed E-state index contributed by atoms with van der Waals surface area (Å²) in [5, 5.41) is 8.20. The van der Waals surface area contributed by atoms with Gasteiger partial charge in [0.1, 0.15) is 11.3 Å². The Kier molecular flexibility index (Phi) is 4.71. The molecule has 0 aliphatic rings. The molecule has 3 aromatic heterocycles. The Labute approximate surface area is 159 Å². The summed E-state index contributed by atoms with van der Waals surface area (Å²) in [7, 11) is 0. The maximum Gasteiger partial charge on any atom is 0.344 e. The highest BCUT2D eigenvalue weighted by Crippen LogP contribution is 2.27.